The first-order valence-electron chi connectivity index (χ1n) is 16.4. The Morgan fingerprint density at radius 2 is 1.58 bits per heavy atom. The lowest BCUT2D eigenvalue weighted by Crippen LogP contribution is -2.58. The third-order valence-electron chi connectivity index (χ3n) is 10.1. The van der Waals surface area contributed by atoms with Crippen LogP contribution in [0.15, 0.2) is 46.9 Å². The maximum atomic E-state index is 14.0. The minimum atomic E-state index is -0.639. The highest BCUT2D eigenvalue weighted by Gasteiger charge is 2.35. The number of aryl methyl sites for hydroxylation is 1. The molecule has 11 heteroatoms. The Labute approximate surface area is 275 Å². The first-order chi connectivity index (χ1) is 21.7. The molecule has 0 saturated carbocycles. The molecule has 3 fully saturated rings. The Balaban J connectivity index is 1.07. The molecule has 2 aromatic carbocycles. The van der Waals surface area contributed by atoms with Crippen molar-refractivity contribution in [3.63, 3.8) is 0 Å². The second kappa shape index (κ2) is 14.1. The van der Waals surface area contributed by atoms with Crippen molar-refractivity contribution in [3.05, 3.63) is 63.6 Å². The average molecular weight is 681 g/mol. The van der Waals surface area contributed by atoms with Crippen LogP contribution in [0.25, 0.3) is 0 Å². The number of piperazine rings is 1. The van der Waals surface area contributed by atoms with Crippen molar-refractivity contribution in [3.8, 4) is 0 Å². The number of urea groups is 2. The number of rotatable bonds is 6. The Bertz CT molecular complexity index is 1380. The van der Waals surface area contributed by atoms with Gasteiger partial charge in [0.15, 0.2) is 0 Å². The number of hydrogen-bond donors (Lipinski definition) is 2. The van der Waals surface area contributed by atoms with E-state index in [0.717, 1.165) is 65.9 Å². The predicted molar refractivity (Wildman–Crippen MR) is 179 cm³/mol. The third kappa shape index (κ3) is 7.47. The lowest BCUT2D eigenvalue weighted by Gasteiger charge is -2.43. The van der Waals surface area contributed by atoms with E-state index in [4.69, 9.17) is 0 Å². The molecule has 1 unspecified atom stereocenters. The van der Waals surface area contributed by atoms with Gasteiger partial charge in [0.2, 0.25) is 5.91 Å². The van der Waals surface area contributed by atoms with Gasteiger partial charge in [-0.1, -0.05) is 46.3 Å². The van der Waals surface area contributed by atoms with Gasteiger partial charge in [-0.15, -0.1) is 0 Å². The zero-order valence-electron chi connectivity index (χ0n) is 26.5. The van der Waals surface area contributed by atoms with Crippen LogP contribution in [-0.2, 0) is 17.8 Å². The van der Waals surface area contributed by atoms with Gasteiger partial charge in [0.25, 0.3) is 0 Å². The van der Waals surface area contributed by atoms with Gasteiger partial charge in [0, 0.05) is 87.6 Å². The van der Waals surface area contributed by atoms with Gasteiger partial charge >= 0.3 is 12.1 Å². The average Bonchev–Trinajstić information content (AvgIpc) is 3.06. The molecule has 4 aliphatic heterocycles. The first-order valence-corrected chi connectivity index (χ1v) is 17.2. The van der Waals surface area contributed by atoms with Crippen molar-refractivity contribution in [2.45, 2.75) is 63.7 Å². The summed E-state index contributed by atoms with van der Waals surface area (Å²) < 4.78 is 1.03. The maximum absolute atomic E-state index is 14.0. The van der Waals surface area contributed by atoms with Gasteiger partial charge in [0.05, 0.1) is 0 Å². The number of anilines is 1. The van der Waals surface area contributed by atoms with Gasteiger partial charge in [-0.25, -0.2) is 9.59 Å². The van der Waals surface area contributed by atoms with E-state index in [1.165, 1.54) is 0 Å². The first kappa shape index (κ1) is 31.8. The van der Waals surface area contributed by atoms with Crippen molar-refractivity contribution >= 4 is 39.6 Å². The summed E-state index contributed by atoms with van der Waals surface area (Å²) in [5.74, 6) is -0.000659. The quantitative estimate of drug-likeness (QED) is 0.479. The second-order valence-corrected chi connectivity index (χ2v) is 14.0. The van der Waals surface area contributed by atoms with E-state index < -0.39 is 6.04 Å². The summed E-state index contributed by atoms with van der Waals surface area (Å²) in [6.07, 6.45) is 3.78. The van der Waals surface area contributed by atoms with Crippen molar-refractivity contribution in [1.82, 2.24) is 29.8 Å². The fourth-order valence-electron chi connectivity index (χ4n) is 7.27. The molecule has 2 N–H and O–H groups in total. The smallest absolute Gasteiger partial charge is 0.322 e. The summed E-state index contributed by atoms with van der Waals surface area (Å²) in [6, 6.07) is 13.7. The van der Waals surface area contributed by atoms with E-state index >= 15 is 0 Å². The molecule has 242 valence electrons. The second-order valence-electron chi connectivity index (χ2n) is 13.1. The van der Waals surface area contributed by atoms with Gasteiger partial charge in [-0.05, 0) is 68.5 Å². The van der Waals surface area contributed by atoms with Gasteiger partial charge < -0.3 is 30.2 Å². The van der Waals surface area contributed by atoms with Crippen LogP contribution >= 0.6 is 15.9 Å². The summed E-state index contributed by atoms with van der Waals surface area (Å²) in [7, 11) is 2.18. The molecular weight excluding hydrogens is 634 g/mol. The Kier molecular flexibility index (Phi) is 9.96. The number of para-hydroxylation sites is 1. The van der Waals surface area contributed by atoms with E-state index in [1.807, 2.05) is 53.1 Å². The van der Waals surface area contributed by atoms with Crippen LogP contribution in [0.1, 0.15) is 42.4 Å². The summed E-state index contributed by atoms with van der Waals surface area (Å²) in [5, 5.41) is 6.15. The van der Waals surface area contributed by atoms with Crippen LogP contribution < -0.4 is 10.6 Å². The van der Waals surface area contributed by atoms with Crippen LogP contribution in [0.3, 0.4) is 0 Å². The lowest BCUT2D eigenvalue weighted by molar-refractivity contribution is -0.135. The van der Waals surface area contributed by atoms with Crippen LogP contribution in [-0.4, -0.2) is 120 Å². The van der Waals surface area contributed by atoms with E-state index in [1.54, 1.807) is 4.90 Å². The highest BCUT2D eigenvalue weighted by Crippen LogP contribution is 2.28. The molecule has 10 nitrogen and oxygen atoms in total. The normalized spacial score (nSPS) is 21.3. The number of likely N-dealkylation sites (tertiary alicyclic amines) is 2. The van der Waals surface area contributed by atoms with Crippen molar-refractivity contribution < 1.29 is 14.4 Å². The number of halogens is 1. The van der Waals surface area contributed by atoms with E-state index in [0.29, 0.717) is 58.0 Å². The minimum absolute atomic E-state index is 0.000659. The number of benzene rings is 2. The summed E-state index contributed by atoms with van der Waals surface area (Å²) in [4.78, 5) is 51.1. The monoisotopic (exact) mass is 679 g/mol. The highest BCUT2D eigenvalue weighted by molar-refractivity contribution is 9.10. The van der Waals surface area contributed by atoms with Crippen LogP contribution in [0.5, 0.6) is 0 Å². The number of nitrogens with zero attached hydrogens (tertiary/aromatic N) is 5. The zero-order chi connectivity index (χ0) is 31.5. The molecule has 1 atom stereocenters. The molecule has 4 aliphatic rings. The molecule has 3 saturated heterocycles. The molecule has 0 spiro atoms. The van der Waals surface area contributed by atoms with Gasteiger partial charge in [0.1, 0.15) is 6.04 Å². The number of piperidine rings is 2. The fourth-order valence-corrected chi connectivity index (χ4v) is 7.51. The molecule has 0 radical (unpaired) electrons. The summed E-state index contributed by atoms with van der Waals surface area (Å²) in [5.41, 5.74) is 4.10. The largest absolute Gasteiger partial charge is 0.341 e. The molecule has 6 rings (SSSR count). The summed E-state index contributed by atoms with van der Waals surface area (Å²) in [6.45, 7) is 9.49. The maximum Gasteiger partial charge on any atom is 0.322 e. The van der Waals surface area contributed by atoms with E-state index in [2.05, 4.69) is 49.5 Å². The number of carbonyl (C=O) groups excluding carboxylic acids is 3. The molecule has 5 amide bonds. The molecular formula is C34H46BrN7O3. The number of amides is 5. The number of fused-ring (bicyclic) bond motifs is 1. The molecule has 4 heterocycles. The highest BCUT2D eigenvalue weighted by atomic mass is 79.9. The van der Waals surface area contributed by atoms with Gasteiger partial charge in [-0.2, -0.15) is 0 Å². The van der Waals surface area contributed by atoms with Crippen LogP contribution in [0.4, 0.5) is 15.3 Å². The topological polar surface area (TPSA) is 91.5 Å². The molecule has 2 aromatic rings. The Morgan fingerprint density at radius 3 is 2.29 bits per heavy atom. The Morgan fingerprint density at radius 1 is 0.911 bits per heavy atom. The van der Waals surface area contributed by atoms with Crippen molar-refractivity contribution in [2.75, 3.05) is 64.7 Å². The summed E-state index contributed by atoms with van der Waals surface area (Å²) >= 11 is 3.58. The number of likely N-dealkylation sites (N-methyl/N-ethyl adjacent to an activating group) is 1. The van der Waals surface area contributed by atoms with Gasteiger partial charge in [-0.3, -0.25) is 9.69 Å². The molecule has 0 aliphatic carbocycles. The number of carbonyl (C=O) groups is 3. The number of nitrogens with one attached hydrogen (secondary N) is 2. The lowest BCUT2D eigenvalue weighted by atomic mass is 9.99. The predicted octanol–water partition coefficient (Wildman–Crippen LogP) is 4.13. The Hall–Kier alpha value is -3.15. The van der Waals surface area contributed by atoms with Crippen LogP contribution in [0.2, 0.25) is 0 Å². The molecule has 0 aromatic heterocycles. The fraction of sp³-hybridized carbons (Fsp3) is 0.559. The number of hydrogen-bond acceptors (Lipinski definition) is 5. The molecule has 45 heavy (non-hydrogen) atoms. The zero-order valence-corrected chi connectivity index (χ0v) is 28.1. The minimum Gasteiger partial charge on any atom is -0.341 e. The SMILES string of the molecule is Cc1cc(CC(NC(=O)N2CCC(N3Cc4ccccc4NC3=O)CC2)C(=O)N2CCC(N3CCN(C)CC3)CC2)ccc1Br. The van der Waals surface area contributed by atoms with E-state index in [9.17, 15) is 14.4 Å². The molecule has 0 bridgehead atoms. The van der Waals surface area contributed by atoms with Crippen LogP contribution in [0, 0.1) is 6.92 Å². The third-order valence-corrected chi connectivity index (χ3v) is 11.0. The standard InChI is InChI=1S/C34H46BrN7O3/c1-24-21-25(7-8-29(24)35)22-31(32(43)40-13-9-27(10-14-40)39-19-17-38(2)18-20-39)37-33(44)41-15-11-28(12-16-41)42-23-26-5-3-4-6-30(26)36-34(42)45/h3-8,21,27-28,31H,9-20,22-23H2,1-2H3,(H,36,45)(H,37,44). The van der Waals surface area contributed by atoms with E-state index in [-0.39, 0.29) is 24.0 Å². The van der Waals surface area contributed by atoms with Crippen molar-refractivity contribution in [2.24, 2.45) is 0 Å². The van der Waals surface area contributed by atoms with Crippen molar-refractivity contribution in [1.29, 1.82) is 0 Å².